The summed E-state index contributed by atoms with van der Waals surface area (Å²) >= 11 is 0.755. The first-order chi connectivity index (χ1) is 7.56. The zero-order chi connectivity index (χ0) is 12.4. The predicted molar refractivity (Wildman–Crippen MR) is 71.9 cm³/mol. The van der Waals surface area contributed by atoms with Crippen molar-refractivity contribution in [3.8, 4) is 0 Å². The second-order valence-electron chi connectivity index (χ2n) is 5.86. The monoisotopic (exact) mass is 240 g/mol. The molecule has 0 aromatic carbocycles. The Morgan fingerprint density at radius 2 is 1.44 bits per heavy atom. The van der Waals surface area contributed by atoms with Gasteiger partial charge in [0, 0.05) is 0 Å². The van der Waals surface area contributed by atoms with Crippen molar-refractivity contribution in [2.45, 2.75) is 63.9 Å². The molecular weight excluding hydrogens is 211 g/mol. The molecule has 2 heteroatoms. The molecule has 0 radical (unpaired) electrons. The molecule has 0 N–H and O–H groups in total. The maximum Gasteiger partial charge on any atom is -0.0517 e. The summed E-state index contributed by atoms with van der Waals surface area (Å²) in [5.74, 6) is 2.40. The minimum atomic E-state index is 0.167. The number of hydrogen-bond donors (Lipinski definition) is 0. The zero-order valence-electron chi connectivity index (χ0n) is 11.7. The van der Waals surface area contributed by atoms with E-state index in [1.165, 1.54) is 36.2 Å². The number of hydrogen-bond acceptors (Lipinski definition) is 1. The van der Waals surface area contributed by atoms with Crippen molar-refractivity contribution in [3.63, 3.8) is 0 Å². The summed E-state index contributed by atoms with van der Waals surface area (Å²) in [6.45, 7) is 9.42. The van der Waals surface area contributed by atoms with Crippen LogP contribution in [0.5, 0.6) is 0 Å². The van der Waals surface area contributed by atoms with Crippen molar-refractivity contribution in [2.75, 3.05) is 6.61 Å². The van der Waals surface area contributed by atoms with Gasteiger partial charge >= 0.3 is 65.3 Å². The van der Waals surface area contributed by atoms with E-state index in [0.717, 1.165) is 27.1 Å². The molecule has 1 nitrogen and oxygen atoms in total. The van der Waals surface area contributed by atoms with E-state index in [2.05, 4.69) is 27.7 Å². The van der Waals surface area contributed by atoms with Gasteiger partial charge in [0.15, 0.2) is 0 Å². The van der Waals surface area contributed by atoms with Crippen LogP contribution in [0.25, 0.3) is 0 Å². The van der Waals surface area contributed by atoms with Gasteiger partial charge in [0.2, 0.25) is 0 Å². The van der Waals surface area contributed by atoms with Crippen LogP contribution in [0.3, 0.4) is 0 Å². The molecule has 0 aliphatic heterocycles. The molecule has 0 saturated heterocycles. The van der Waals surface area contributed by atoms with Crippen LogP contribution < -0.4 is 5.11 Å². The summed E-state index contributed by atoms with van der Waals surface area (Å²) in [4.78, 5) is 0. The van der Waals surface area contributed by atoms with Crippen LogP contribution in [-0.2, 0) is 0 Å². The molecule has 0 aromatic heterocycles. The van der Waals surface area contributed by atoms with Gasteiger partial charge in [-0.2, -0.15) is 0 Å². The van der Waals surface area contributed by atoms with E-state index in [1.54, 1.807) is 0 Å². The first-order valence-electron chi connectivity index (χ1n) is 6.96. The van der Waals surface area contributed by atoms with E-state index in [-0.39, 0.29) is 6.61 Å². The van der Waals surface area contributed by atoms with Gasteiger partial charge in [-0.3, -0.25) is 0 Å². The van der Waals surface area contributed by atoms with Gasteiger partial charge in [-0.15, -0.1) is 6.61 Å². The molecule has 0 aromatic rings. The van der Waals surface area contributed by atoms with E-state index in [9.17, 15) is 5.11 Å². The standard InChI is InChI=1S/C6H11O.2C4H9.Al/c7-5-6-3-1-2-4-6;2*1-4(2)3;/h6H,1-5H2;2*4H,1H2,2-3H3;/q-1;;;+1. The second-order valence-corrected chi connectivity index (χ2v) is 7.39. The van der Waals surface area contributed by atoms with Crippen molar-refractivity contribution < 1.29 is 5.11 Å². The fourth-order valence-corrected chi connectivity index (χ4v) is 3.47. The van der Waals surface area contributed by atoms with Crippen LogP contribution in [0.1, 0.15) is 53.4 Å². The smallest absolute Gasteiger partial charge is 0.0517 e. The Hall–Kier alpha value is 0.492. The number of rotatable bonds is 5. The topological polar surface area (TPSA) is 23.1 Å². The summed E-state index contributed by atoms with van der Waals surface area (Å²) in [7, 11) is 0. The average molecular weight is 240 g/mol. The molecule has 1 aliphatic carbocycles. The molecule has 0 amide bonds. The van der Waals surface area contributed by atoms with Gasteiger partial charge in [0.05, 0.1) is 0 Å². The third kappa shape index (κ3) is 11.0. The molecule has 94 valence electrons. The summed E-state index contributed by atoms with van der Waals surface area (Å²) < 4.78 is 0. The van der Waals surface area contributed by atoms with E-state index in [1.807, 2.05) is 0 Å². The second kappa shape index (κ2) is 10.6. The van der Waals surface area contributed by atoms with E-state index in [4.69, 9.17) is 0 Å². The van der Waals surface area contributed by atoms with Crippen molar-refractivity contribution in [1.82, 2.24) is 0 Å². The quantitative estimate of drug-likeness (QED) is 0.676. The van der Waals surface area contributed by atoms with Gasteiger partial charge in [-0.25, -0.2) is 0 Å². The SMILES string of the molecule is CC(C)[CH2][Al+][CH2]C(C)C.[O-]CC1CCCC1. The fraction of sp³-hybridized carbons (Fsp3) is 1.00. The third-order valence-electron chi connectivity index (χ3n) is 2.99. The molecule has 0 heterocycles. The Kier molecular flexibility index (Phi) is 11.0. The fourth-order valence-electron chi connectivity index (χ4n) is 1.94. The molecule has 1 aliphatic rings. The van der Waals surface area contributed by atoms with Crippen LogP contribution >= 0.6 is 0 Å². The zero-order valence-corrected chi connectivity index (χ0v) is 12.8. The van der Waals surface area contributed by atoms with Crippen LogP contribution in [0.15, 0.2) is 0 Å². The van der Waals surface area contributed by atoms with Crippen LogP contribution in [0.2, 0.25) is 10.6 Å². The van der Waals surface area contributed by atoms with E-state index in [0.29, 0.717) is 5.92 Å². The molecule has 0 unspecified atom stereocenters. The Morgan fingerprint density at radius 1 is 1.00 bits per heavy atom. The summed E-state index contributed by atoms with van der Waals surface area (Å²) in [6.07, 6.45) is 4.99. The van der Waals surface area contributed by atoms with Crippen molar-refractivity contribution in [1.29, 1.82) is 0 Å². The largest absolute Gasteiger partial charge is 0.854 e. The van der Waals surface area contributed by atoms with Gasteiger partial charge in [0.1, 0.15) is 0 Å². The molecule has 16 heavy (non-hydrogen) atoms. The molecule has 0 spiro atoms. The van der Waals surface area contributed by atoms with Gasteiger partial charge in [-0.05, 0) is 0 Å². The molecule has 0 bridgehead atoms. The van der Waals surface area contributed by atoms with E-state index >= 15 is 0 Å². The van der Waals surface area contributed by atoms with Crippen LogP contribution in [0, 0.1) is 17.8 Å². The minimum Gasteiger partial charge on any atom is -0.854 e. The van der Waals surface area contributed by atoms with Gasteiger partial charge < -0.3 is 5.11 Å². The Bertz CT molecular complexity index is 132. The van der Waals surface area contributed by atoms with Crippen LogP contribution in [0.4, 0.5) is 0 Å². The summed E-state index contributed by atoms with van der Waals surface area (Å²) in [5.41, 5.74) is 0. The predicted octanol–water partition coefficient (Wildman–Crippen LogP) is 3.38. The maximum absolute atomic E-state index is 10.1. The van der Waals surface area contributed by atoms with Gasteiger partial charge in [-0.1, -0.05) is 31.6 Å². The first kappa shape index (κ1) is 16.5. The maximum atomic E-state index is 10.1. The normalized spacial score (nSPS) is 16.2. The Morgan fingerprint density at radius 3 is 1.69 bits per heavy atom. The van der Waals surface area contributed by atoms with E-state index < -0.39 is 0 Å². The van der Waals surface area contributed by atoms with Crippen molar-refractivity contribution >= 4 is 15.2 Å². The Labute approximate surface area is 109 Å². The minimum absolute atomic E-state index is 0.167. The molecule has 1 saturated carbocycles. The summed E-state index contributed by atoms with van der Waals surface area (Å²) in [5, 5.41) is 13.1. The molecule has 0 atom stereocenters. The van der Waals surface area contributed by atoms with Crippen molar-refractivity contribution in [3.05, 3.63) is 0 Å². The van der Waals surface area contributed by atoms with Crippen LogP contribution in [-0.4, -0.2) is 21.8 Å². The Balaban J connectivity index is 0.000000288. The van der Waals surface area contributed by atoms with Gasteiger partial charge in [0.25, 0.3) is 0 Å². The molecule has 1 rings (SSSR count). The van der Waals surface area contributed by atoms with Crippen molar-refractivity contribution in [2.24, 2.45) is 17.8 Å². The molecular formula is C14H29AlO. The first-order valence-corrected chi connectivity index (χ1v) is 8.59. The average Bonchev–Trinajstić information content (AvgIpc) is 2.69. The molecule has 1 fully saturated rings. The summed E-state index contributed by atoms with van der Waals surface area (Å²) in [6, 6.07) is 0. The third-order valence-corrected chi connectivity index (χ3v) is 5.54.